The molecule has 5 nitrogen and oxygen atoms in total. The van der Waals surface area contributed by atoms with Crippen LogP contribution >= 0.6 is 0 Å². The van der Waals surface area contributed by atoms with Gasteiger partial charge in [0.15, 0.2) is 17.4 Å². The zero-order chi connectivity index (χ0) is 4.28. The van der Waals surface area contributed by atoms with Gasteiger partial charge in [0.05, 0.1) is 0 Å². The van der Waals surface area contributed by atoms with Gasteiger partial charge in [0.2, 0.25) is 0 Å². The first-order valence-corrected chi connectivity index (χ1v) is 0.814. The molecule has 7 heteroatoms. The van der Waals surface area contributed by atoms with E-state index in [1.807, 2.05) is 0 Å². The molecule has 0 atom stereocenters. The normalized spacial score (nSPS) is 4.12. The number of hydrogen-bond donors (Lipinski definition) is 2. The molecule has 0 amide bonds. The number of carboxylic acid groups (broad SMARTS) is 1. The van der Waals surface area contributed by atoms with E-state index in [0.29, 0.717) is 0 Å². The topological polar surface area (TPSA) is 98.3 Å². The predicted molar refractivity (Wildman–Crippen MR) is 26.4 cm³/mol. The van der Waals surface area contributed by atoms with Gasteiger partial charge in [0.1, 0.15) is 0 Å². The van der Waals surface area contributed by atoms with E-state index in [9.17, 15) is 0 Å². The van der Waals surface area contributed by atoms with Gasteiger partial charge >= 0.3 is 25.0 Å². The molecule has 0 aliphatic carbocycles. The number of rotatable bonds is 0. The van der Waals surface area contributed by atoms with Gasteiger partial charge in [0, 0.05) is 0 Å². The van der Waals surface area contributed by atoms with Gasteiger partial charge in [-0.3, -0.25) is 4.89 Å². The summed E-state index contributed by atoms with van der Waals surface area (Å²) < 4.78 is 0. The minimum atomic E-state index is -1.69. The Kier molecular flexibility index (Phi) is 46.8. The average molecular weight is 134 g/mol. The summed E-state index contributed by atoms with van der Waals surface area (Å²) in [5.74, 6) is 0. The molecule has 0 fully saturated rings. The zero-order valence-corrected chi connectivity index (χ0v) is 3.71. The SMILES string of the molecule is O.O=C(O)OO.[AlH3].[H-].[Li+]. The number of carbonyl (C=O) groups is 1. The summed E-state index contributed by atoms with van der Waals surface area (Å²) in [5, 5.41) is 14.3. The summed E-state index contributed by atoms with van der Waals surface area (Å²) in [5.41, 5.74) is 0. The molecule has 0 heterocycles. The van der Waals surface area contributed by atoms with Crippen LogP contribution < -0.4 is 18.9 Å². The average Bonchev–Trinajstić information content (AvgIpc) is 1.38. The molecule has 4 N–H and O–H groups in total. The van der Waals surface area contributed by atoms with Crippen molar-refractivity contribution in [1.82, 2.24) is 0 Å². The smallest absolute Gasteiger partial charge is 1.00 e. The Balaban J connectivity index is -0.0000000133. The second-order valence-electron chi connectivity index (χ2n) is 0.357. The maximum Gasteiger partial charge on any atom is 1.00 e. The van der Waals surface area contributed by atoms with E-state index in [0.717, 1.165) is 0 Å². The van der Waals surface area contributed by atoms with Crippen LogP contribution in [0.1, 0.15) is 1.43 Å². The summed E-state index contributed by atoms with van der Waals surface area (Å²) in [6.07, 6.45) is -1.69. The summed E-state index contributed by atoms with van der Waals surface area (Å²) in [7, 11) is 0. The molecule has 0 aliphatic rings. The van der Waals surface area contributed by atoms with Gasteiger partial charge in [-0.1, -0.05) is 0 Å². The van der Waals surface area contributed by atoms with E-state index in [1.165, 1.54) is 0 Å². The fourth-order valence-corrected chi connectivity index (χ4v) is 0. The van der Waals surface area contributed by atoms with Crippen LogP contribution in [-0.4, -0.2) is 39.4 Å². The van der Waals surface area contributed by atoms with Crippen molar-refractivity contribution in [3.8, 4) is 0 Å². The van der Waals surface area contributed by atoms with E-state index < -0.39 is 6.16 Å². The Morgan fingerprint density at radius 2 is 1.75 bits per heavy atom. The summed E-state index contributed by atoms with van der Waals surface area (Å²) in [6, 6.07) is 0. The molecule has 0 unspecified atom stereocenters. The van der Waals surface area contributed by atoms with Crippen LogP contribution in [0.25, 0.3) is 0 Å². The standard InChI is InChI=1S/CH2O4.Al.Li.H2O.4H/c2-1(3)5-4;;;;;;;/h4H,(H,2,3);;;1H2;;;;/q;;+1;;;;;-1. The minimum absolute atomic E-state index is 0. The van der Waals surface area contributed by atoms with Crippen LogP contribution in [0.2, 0.25) is 0 Å². The molecule has 0 aromatic rings. The Hall–Kier alpha value is 0.320. The van der Waals surface area contributed by atoms with Gasteiger partial charge in [-0.25, -0.2) is 4.79 Å². The van der Waals surface area contributed by atoms with Gasteiger partial charge in [-0.2, -0.15) is 5.26 Å². The van der Waals surface area contributed by atoms with Crippen molar-refractivity contribution in [1.29, 1.82) is 0 Å². The Morgan fingerprint density at radius 1 is 1.62 bits per heavy atom. The first-order chi connectivity index (χ1) is 2.27. The molecule has 0 spiro atoms. The predicted octanol–water partition coefficient (Wildman–Crippen LogP) is -4.74. The molecule has 0 saturated heterocycles. The van der Waals surface area contributed by atoms with Crippen molar-refractivity contribution in [2.45, 2.75) is 0 Å². The second-order valence-corrected chi connectivity index (χ2v) is 0.357. The van der Waals surface area contributed by atoms with Crippen LogP contribution in [0.5, 0.6) is 0 Å². The molecule has 0 bridgehead atoms. The molecular formula is CH8AlLiO5. The molecule has 0 aromatic heterocycles. The largest absolute Gasteiger partial charge is 1.00 e. The molecular weight excluding hydrogens is 126 g/mol. The molecule has 0 saturated carbocycles. The number of hydrogen-bond acceptors (Lipinski definition) is 3. The van der Waals surface area contributed by atoms with Crippen molar-refractivity contribution in [3.63, 3.8) is 0 Å². The van der Waals surface area contributed by atoms with Crippen LogP contribution in [0.3, 0.4) is 0 Å². The molecule has 0 aliphatic heterocycles. The van der Waals surface area contributed by atoms with E-state index in [1.54, 1.807) is 0 Å². The van der Waals surface area contributed by atoms with E-state index in [4.69, 9.17) is 15.2 Å². The summed E-state index contributed by atoms with van der Waals surface area (Å²) >= 11 is 0. The van der Waals surface area contributed by atoms with Gasteiger partial charge in [-0.15, -0.1) is 0 Å². The fraction of sp³-hybridized carbons (Fsp3) is 0. The first kappa shape index (κ1) is 23.9. The van der Waals surface area contributed by atoms with Crippen LogP contribution in [0, 0.1) is 0 Å². The molecule has 8 heavy (non-hydrogen) atoms. The molecule has 0 rings (SSSR count). The quantitative estimate of drug-likeness (QED) is 0.197. The van der Waals surface area contributed by atoms with Crippen molar-refractivity contribution in [3.05, 3.63) is 0 Å². The maximum atomic E-state index is 8.90. The van der Waals surface area contributed by atoms with Gasteiger partial charge < -0.3 is 12.0 Å². The minimum Gasteiger partial charge on any atom is -1.00 e. The Labute approximate surface area is 69.7 Å². The monoisotopic (exact) mass is 134 g/mol. The van der Waals surface area contributed by atoms with Crippen molar-refractivity contribution in [2.75, 3.05) is 0 Å². The third kappa shape index (κ3) is 33.2. The molecule has 0 aromatic carbocycles. The van der Waals surface area contributed by atoms with Gasteiger partial charge in [-0.05, 0) is 0 Å². The van der Waals surface area contributed by atoms with Crippen LogP contribution in [-0.2, 0) is 4.89 Å². The van der Waals surface area contributed by atoms with Gasteiger partial charge in [0.25, 0.3) is 0 Å². The first-order valence-electron chi connectivity index (χ1n) is 0.814. The summed E-state index contributed by atoms with van der Waals surface area (Å²) in [6.45, 7) is 0. The Bertz CT molecular complexity index is 52.2. The van der Waals surface area contributed by atoms with E-state index in [-0.39, 0.29) is 43.1 Å². The van der Waals surface area contributed by atoms with E-state index >= 15 is 0 Å². The van der Waals surface area contributed by atoms with Crippen molar-refractivity contribution in [2.24, 2.45) is 0 Å². The zero-order valence-electron chi connectivity index (χ0n) is 4.71. The van der Waals surface area contributed by atoms with Crippen molar-refractivity contribution < 1.29 is 45.8 Å². The molecule has 0 radical (unpaired) electrons. The maximum absolute atomic E-state index is 8.90. The van der Waals surface area contributed by atoms with E-state index in [2.05, 4.69) is 4.89 Å². The fourth-order valence-electron chi connectivity index (χ4n) is 0. The van der Waals surface area contributed by atoms with Crippen LogP contribution in [0.15, 0.2) is 0 Å². The Morgan fingerprint density at radius 3 is 1.75 bits per heavy atom. The summed E-state index contributed by atoms with van der Waals surface area (Å²) in [4.78, 5) is 11.6. The van der Waals surface area contributed by atoms with Crippen LogP contribution in [0.4, 0.5) is 4.79 Å². The van der Waals surface area contributed by atoms with Crippen molar-refractivity contribution >= 4 is 23.5 Å². The second kappa shape index (κ2) is 15.7. The molecule has 46 valence electrons. The third-order valence-corrected chi connectivity index (χ3v) is 0.0781. The third-order valence-electron chi connectivity index (χ3n) is 0.0781.